The standard InChI is InChI=1S/C23H22FN5O3/c1-3-32-23(31)18-19-21(28-17-11-7-6-10-16(17)27-19)29(20(18)25)12-13(2)26-22(30)14-8-4-5-9-15(14)24/h4-11,13H,3,12,25H2,1-2H3,(H,26,30)/t13-/m1/s1. The van der Waals surface area contributed by atoms with E-state index in [0.717, 1.165) is 0 Å². The Balaban J connectivity index is 1.73. The molecule has 0 aliphatic rings. The van der Waals surface area contributed by atoms with Crippen LogP contribution in [0.25, 0.3) is 22.2 Å². The second-order valence-electron chi connectivity index (χ2n) is 7.33. The summed E-state index contributed by atoms with van der Waals surface area (Å²) in [7, 11) is 0. The number of anilines is 1. The number of halogens is 1. The van der Waals surface area contributed by atoms with Gasteiger partial charge in [-0.2, -0.15) is 0 Å². The van der Waals surface area contributed by atoms with Gasteiger partial charge in [-0.25, -0.2) is 19.2 Å². The number of hydrogen-bond acceptors (Lipinski definition) is 6. The topological polar surface area (TPSA) is 112 Å². The van der Waals surface area contributed by atoms with E-state index < -0.39 is 23.7 Å². The van der Waals surface area contributed by atoms with Gasteiger partial charge in [0, 0.05) is 12.6 Å². The zero-order chi connectivity index (χ0) is 22.8. The Labute approximate surface area is 183 Å². The minimum atomic E-state index is -0.606. The number of nitrogens with two attached hydrogens (primary N) is 1. The fraction of sp³-hybridized carbons (Fsp3) is 0.217. The van der Waals surface area contributed by atoms with Gasteiger partial charge in [0.1, 0.15) is 22.7 Å². The number of amides is 1. The van der Waals surface area contributed by atoms with E-state index in [1.807, 2.05) is 18.2 Å². The van der Waals surface area contributed by atoms with Crippen molar-refractivity contribution in [3.05, 3.63) is 65.5 Å². The van der Waals surface area contributed by atoms with Crippen LogP contribution in [0.1, 0.15) is 34.6 Å². The number of para-hydroxylation sites is 2. The summed E-state index contributed by atoms with van der Waals surface area (Å²) in [5, 5.41) is 2.76. The Morgan fingerprint density at radius 3 is 2.47 bits per heavy atom. The zero-order valence-electron chi connectivity index (χ0n) is 17.6. The zero-order valence-corrected chi connectivity index (χ0v) is 17.6. The van der Waals surface area contributed by atoms with Gasteiger partial charge in [0.15, 0.2) is 5.65 Å². The third kappa shape index (κ3) is 3.84. The molecule has 0 radical (unpaired) electrons. The van der Waals surface area contributed by atoms with Crippen molar-refractivity contribution in [1.29, 1.82) is 0 Å². The molecule has 4 rings (SSSR count). The monoisotopic (exact) mass is 435 g/mol. The smallest absolute Gasteiger partial charge is 0.344 e. The highest BCUT2D eigenvalue weighted by Gasteiger charge is 2.26. The minimum absolute atomic E-state index is 0.0531. The Hall–Kier alpha value is -4.01. The summed E-state index contributed by atoms with van der Waals surface area (Å²) in [6.07, 6.45) is 0. The van der Waals surface area contributed by atoms with E-state index in [-0.39, 0.29) is 30.1 Å². The van der Waals surface area contributed by atoms with Crippen LogP contribution < -0.4 is 11.1 Å². The second-order valence-corrected chi connectivity index (χ2v) is 7.33. The van der Waals surface area contributed by atoms with Gasteiger partial charge in [0.2, 0.25) is 0 Å². The average molecular weight is 435 g/mol. The molecule has 0 unspecified atom stereocenters. The number of carbonyl (C=O) groups is 2. The van der Waals surface area contributed by atoms with Crippen LogP contribution in [0.4, 0.5) is 10.2 Å². The molecule has 3 N–H and O–H groups in total. The predicted molar refractivity (Wildman–Crippen MR) is 119 cm³/mol. The van der Waals surface area contributed by atoms with Crippen LogP contribution >= 0.6 is 0 Å². The molecule has 2 heterocycles. The van der Waals surface area contributed by atoms with Gasteiger partial charge >= 0.3 is 5.97 Å². The maximum atomic E-state index is 13.9. The van der Waals surface area contributed by atoms with Gasteiger partial charge in [0.05, 0.1) is 23.2 Å². The number of nitrogens with zero attached hydrogens (tertiary/aromatic N) is 3. The van der Waals surface area contributed by atoms with Crippen molar-refractivity contribution in [1.82, 2.24) is 19.9 Å². The molecule has 0 fully saturated rings. The van der Waals surface area contributed by atoms with Crippen molar-refractivity contribution >= 4 is 39.9 Å². The number of ether oxygens (including phenoxy) is 1. The molecule has 1 amide bonds. The number of hydrogen-bond donors (Lipinski definition) is 2. The van der Waals surface area contributed by atoms with E-state index in [9.17, 15) is 14.0 Å². The number of esters is 1. The number of carbonyl (C=O) groups excluding carboxylic acids is 2. The van der Waals surface area contributed by atoms with Crippen LogP contribution in [-0.2, 0) is 11.3 Å². The first-order chi connectivity index (χ1) is 15.4. The number of benzene rings is 2. The first-order valence-electron chi connectivity index (χ1n) is 10.2. The van der Waals surface area contributed by atoms with Gasteiger partial charge in [-0.3, -0.25) is 4.79 Å². The molecule has 0 saturated carbocycles. The summed E-state index contributed by atoms with van der Waals surface area (Å²) in [4.78, 5) is 34.3. The Morgan fingerprint density at radius 2 is 1.78 bits per heavy atom. The average Bonchev–Trinajstić information content (AvgIpc) is 3.03. The van der Waals surface area contributed by atoms with Crippen molar-refractivity contribution in [2.75, 3.05) is 12.3 Å². The molecule has 2 aromatic heterocycles. The van der Waals surface area contributed by atoms with Gasteiger partial charge in [-0.05, 0) is 38.1 Å². The lowest BCUT2D eigenvalue weighted by Crippen LogP contribution is -2.36. The molecule has 0 bridgehead atoms. The van der Waals surface area contributed by atoms with E-state index in [2.05, 4.69) is 15.3 Å². The largest absolute Gasteiger partial charge is 0.462 e. The van der Waals surface area contributed by atoms with Crippen molar-refractivity contribution in [2.45, 2.75) is 26.4 Å². The molecule has 4 aromatic rings. The predicted octanol–water partition coefficient (Wildman–Crippen LogP) is 3.30. The molecule has 0 aliphatic heterocycles. The highest BCUT2D eigenvalue weighted by atomic mass is 19.1. The van der Waals surface area contributed by atoms with E-state index in [0.29, 0.717) is 22.2 Å². The SMILES string of the molecule is CCOC(=O)c1c(N)n(C[C@@H](C)NC(=O)c2ccccc2F)c2nc3ccccc3nc12. The van der Waals surface area contributed by atoms with Crippen LogP contribution in [0.3, 0.4) is 0 Å². The summed E-state index contributed by atoms with van der Waals surface area (Å²) in [5.74, 6) is -1.61. The van der Waals surface area contributed by atoms with Gasteiger partial charge in [-0.15, -0.1) is 0 Å². The molecule has 9 heteroatoms. The summed E-state index contributed by atoms with van der Waals surface area (Å²) >= 11 is 0. The molecule has 0 saturated heterocycles. The van der Waals surface area contributed by atoms with E-state index in [1.54, 1.807) is 30.5 Å². The van der Waals surface area contributed by atoms with E-state index in [4.69, 9.17) is 10.5 Å². The molecular formula is C23H22FN5O3. The van der Waals surface area contributed by atoms with Crippen LogP contribution in [0.15, 0.2) is 48.5 Å². The molecule has 1 atom stereocenters. The molecule has 2 aromatic carbocycles. The molecular weight excluding hydrogens is 413 g/mol. The first kappa shape index (κ1) is 21.2. The molecule has 8 nitrogen and oxygen atoms in total. The second kappa shape index (κ2) is 8.62. The van der Waals surface area contributed by atoms with Crippen LogP contribution in [-0.4, -0.2) is 39.1 Å². The van der Waals surface area contributed by atoms with E-state index >= 15 is 0 Å². The number of fused-ring (bicyclic) bond motifs is 2. The van der Waals surface area contributed by atoms with Gasteiger partial charge in [-0.1, -0.05) is 24.3 Å². The summed E-state index contributed by atoms with van der Waals surface area (Å²) in [6.45, 7) is 3.83. The quantitative estimate of drug-likeness (QED) is 0.450. The molecule has 164 valence electrons. The summed E-state index contributed by atoms with van der Waals surface area (Å²) < 4.78 is 20.7. The third-order valence-corrected chi connectivity index (χ3v) is 5.02. The molecule has 32 heavy (non-hydrogen) atoms. The molecule has 0 spiro atoms. The van der Waals surface area contributed by atoms with Crippen molar-refractivity contribution in [3.8, 4) is 0 Å². The number of nitrogen functional groups attached to an aromatic ring is 1. The van der Waals surface area contributed by atoms with Crippen molar-refractivity contribution < 1.29 is 18.7 Å². The lowest BCUT2D eigenvalue weighted by molar-refractivity contribution is 0.0529. The van der Waals surface area contributed by atoms with Crippen LogP contribution in [0.5, 0.6) is 0 Å². The van der Waals surface area contributed by atoms with Crippen LogP contribution in [0.2, 0.25) is 0 Å². The number of rotatable bonds is 6. The Kier molecular flexibility index (Phi) is 5.72. The fourth-order valence-corrected chi connectivity index (χ4v) is 3.57. The normalized spacial score (nSPS) is 12.1. The lowest BCUT2D eigenvalue weighted by Gasteiger charge is -2.17. The van der Waals surface area contributed by atoms with Crippen molar-refractivity contribution in [2.24, 2.45) is 0 Å². The Morgan fingerprint density at radius 1 is 1.12 bits per heavy atom. The van der Waals surface area contributed by atoms with Gasteiger partial charge in [0.25, 0.3) is 5.91 Å². The maximum Gasteiger partial charge on any atom is 0.344 e. The summed E-state index contributed by atoms with van der Waals surface area (Å²) in [6, 6.07) is 12.6. The highest BCUT2D eigenvalue weighted by Crippen LogP contribution is 2.28. The number of aromatic nitrogens is 3. The third-order valence-electron chi connectivity index (χ3n) is 5.02. The van der Waals surface area contributed by atoms with E-state index in [1.165, 1.54) is 18.2 Å². The van der Waals surface area contributed by atoms with Crippen molar-refractivity contribution in [3.63, 3.8) is 0 Å². The highest BCUT2D eigenvalue weighted by molar-refractivity contribution is 6.08. The summed E-state index contributed by atoms with van der Waals surface area (Å²) in [5.41, 5.74) is 8.39. The first-order valence-corrected chi connectivity index (χ1v) is 10.2. The molecule has 0 aliphatic carbocycles. The number of nitrogens with one attached hydrogen (secondary N) is 1. The van der Waals surface area contributed by atoms with Gasteiger partial charge < -0.3 is 20.4 Å². The van der Waals surface area contributed by atoms with Crippen LogP contribution in [0, 0.1) is 5.82 Å². The lowest BCUT2D eigenvalue weighted by atomic mass is 10.2. The Bertz CT molecular complexity index is 1330. The fourth-order valence-electron chi connectivity index (χ4n) is 3.57. The maximum absolute atomic E-state index is 13.9. The minimum Gasteiger partial charge on any atom is -0.462 e.